The molecule has 0 saturated carbocycles. The van der Waals surface area contributed by atoms with Crippen molar-refractivity contribution in [3.05, 3.63) is 18.2 Å². The van der Waals surface area contributed by atoms with Crippen LogP contribution < -0.4 is 5.73 Å². The first-order valence-corrected chi connectivity index (χ1v) is 5.26. The quantitative estimate of drug-likeness (QED) is 0.680. The summed E-state index contributed by atoms with van der Waals surface area (Å²) in [4.78, 5) is 17.5. The maximum absolute atomic E-state index is 11.2. The van der Waals surface area contributed by atoms with Crippen molar-refractivity contribution in [2.75, 3.05) is 20.2 Å². The summed E-state index contributed by atoms with van der Waals surface area (Å²) < 4.78 is 6.71. The van der Waals surface area contributed by atoms with Crippen LogP contribution in [0, 0.1) is 0 Å². The summed E-state index contributed by atoms with van der Waals surface area (Å²) >= 11 is 0. The predicted octanol–water partition coefficient (Wildman–Crippen LogP) is -0.801. The summed E-state index contributed by atoms with van der Waals surface area (Å²) in [7, 11) is 1.35. The Balaban J connectivity index is 1.92. The fourth-order valence-electron chi connectivity index (χ4n) is 1.88. The highest BCUT2D eigenvalue weighted by atomic mass is 16.5. The van der Waals surface area contributed by atoms with Gasteiger partial charge in [-0.3, -0.25) is 9.69 Å². The normalized spacial score (nSPS) is 17.9. The zero-order valence-corrected chi connectivity index (χ0v) is 9.30. The lowest BCUT2D eigenvalue weighted by atomic mass is 10.2. The molecule has 2 rings (SSSR count). The van der Waals surface area contributed by atoms with Gasteiger partial charge in [-0.15, -0.1) is 0 Å². The van der Waals surface area contributed by atoms with Crippen LogP contribution in [0.2, 0.25) is 0 Å². The van der Waals surface area contributed by atoms with Crippen LogP contribution in [0.25, 0.3) is 0 Å². The van der Waals surface area contributed by atoms with E-state index in [-0.39, 0.29) is 5.97 Å². The highest BCUT2D eigenvalue weighted by Gasteiger charge is 2.22. The third kappa shape index (κ3) is 2.23. The zero-order chi connectivity index (χ0) is 11.5. The predicted molar refractivity (Wildman–Crippen MR) is 57.5 cm³/mol. The van der Waals surface area contributed by atoms with Gasteiger partial charge >= 0.3 is 5.97 Å². The van der Waals surface area contributed by atoms with Gasteiger partial charge in [0.05, 0.1) is 13.7 Å². The second-order valence-electron chi connectivity index (χ2n) is 3.90. The molecule has 1 atom stereocenters. The van der Waals surface area contributed by atoms with Crippen LogP contribution in [0.4, 0.5) is 0 Å². The van der Waals surface area contributed by atoms with Gasteiger partial charge in [-0.25, -0.2) is 4.98 Å². The third-order valence-corrected chi connectivity index (χ3v) is 2.78. The minimum absolute atomic E-state index is 0.367. The molecule has 0 spiro atoms. The van der Waals surface area contributed by atoms with Gasteiger partial charge in [0.2, 0.25) is 0 Å². The number of aromatic nitrogens is 2. The molecule has 16 heavy (non-hydrogen) atoms. The Morgan fingerprint density at radius 2 is 2.50 bits per heavy atom. The van der Waals surface area contributed by atoms with Crippen molar-refractivity contribution in [2.45, 2.75) is 19.1 Å². The van der Waals surface area contributed by atoms with Crippen LogP contribution in [0.3, 0.4) is 0 Å². The zero-order valence-electron chi connectivity index (χ0n) is 9.30. The van der Waals surface area contributed by atoms with Crippen molar-refractivity contribution in [3.63, 3.8) is 0 Å². The van der Waals surface area contributed by atoms with E-state index in [1.54, 1.807) is 6.20 Å². The van der Waals surface area contributed by atoms with Crippen molar-refractivity contribution in [1.29, 1.82) is 0 Å². The van der Waals surface area contributed by atoms with Gasteiger partial charge in [-0.1, -0.05) is 0 Å². The second-order valence-corrected chi connectivity index (χ2v) is 3.90. The molecule has 1 unspecified atom stereocenters. The lowest BCUT2D eigenvalue weighted by Gasteiger charge is -2.28. The summed E-state index contributed by atoms with van der Waals surface area (Å²) in [5, 5.41) is 0. The third-order valence-electron chi connectivity index (χ3n) is 2.78. The molecule has 1 aliphatic heterocycles. The molecule has 1 aliphatic rings. The van der Waals surface area contributed by atoms with E-state index in [9.17, 15) is 4.79 Å². The fourth-order valence-corrected chi connectivity index (χ4v) is 1.88. The van der Waals surface area contributed by atoms with Crippen LogP contribution in [0.15, 0.2) is 12.4 Å². The van der Waals surface area contributed by atoms with Gasteiger partial charge in [0.15, 0.2) is 0 Å². The Labute approximate surface area is 94.0 Å². The van der Waals surface area contributed by atoms with Gasteiger partial charge in [-0.05, 0) is 0 Å². The van der Waals surface area contributed by atoms with Gasteiger partial charge < -0.3 is 15.0 Å². The number of ether oxygens (including phenoxy) is 1. The number of carbonyl (C=O) groups is 1. The van der Waals surface area contributed by atoms with Crippen LogP contribution >= 0.6 is 0 Å². The first-order valence-electron chi connectivity index (χ1n) is 5.26. The second kappa shape index (κ2) is 4.63. The van der Waals surface area contributed by atoms with Crippen molar-refractivity contribution >= 4 is 5.97 Å². The Kier molecular flexibility index (Phi) is 3.21. The summed E-state index contributed by atoms with van der Waals surface area (Å²) in [6, 6.07) is -0.577. The van der Waals surface area contributed by atoms with Gasteiger partial charge in [0.1, 0.15) is 11.9 Å². The smallest absolute Gasteiger partial charge is 0.323 e. The van der Waals surface area contributed by atoms with Crippen molar-refractivity contribution in [3.8, 4) is 0 Å². The average molecular weight is 224 g/mol. The summed E-state index contributed by atoms with van der Waals surface area (Å²) in [5.74, 6) is 0.650. The van der Waals surface area contributed by atoms with Crippen LogP contribution in [0.5, 0.6) is 0 Å². The number of nitrogens with two attached hydrogens (primary N) is 1. The van der Waals surface area contributed by atoms with E-state index < -0.39 is 6.04 Å². The number of carbonyl (C=O) groups excluding carboxylic acids is 1. The van der Waals surface area contributed by atoms with E-state index in [0.717, 1.165) is 25.5 Å². The number of hydrogen-bond acceptors (Lipinski definition) is 5. The molecule has 1 aromatic heterocycles. The topological polar surface area (TPSA) is 73.4 Å². The molecular weight excluding hydrogens is 208 g/mol. The number of rotatable bonds is 3. The first-order chi connectivity index (χ1) is 7.70. The van der Waals surface area contributed by atoms with Crippen LogP contribution in [0.1, 0.15) is 5.82 Å². The molecule has 0 aromatic carbocycles. The summed E-state index contributed by atoms with van der Waals surface area (Å²) in [6.07, 6.45) is 3.76. The summed E-state index contributed by atoms with van der Waals surface area (Å²) in [5.41, 5.74) is 5.71. The lowest BCUT2D eigenvalue weighted by molar-refractivity contribution is -0.142. The Hall–Kier alpha value is -1.40. The van der Waals surface area contributed by atoms with Crippen molar-refractivity contribution in [1.82, 2.24) is 14.5 Å². The maximum atomic E-state index is 11.2. The molecule has 2 N–H and O–H groups in total. The van der Waals surface area contributed by atoms with E-state index in [1.807, 2.05) is 6.20 Å². The molecule has 0 bridgehead atoms. The molecule has 0 fully saturated rings. The Bertz CT molecular complexity index is 377. The van der Waals surface area contributed by atoms with E-state index in [0.29, 0.717) is 6.54 Å². The molecule has 88 valence electrons. The number of hydrogen-bond donors (Lipinski definition) is 1. The lowest BCUT2D eigenvalue weighted by Crippen LogP contribution is -2.45. The van der Waals surface area contributed by atoms with E-state index >= 15 is 0 Å². The molecule has 0 amide bonds. The number of methoxy groups -OCH3 is 1. The van der Waals surface area contributed by atoms with Crippen molar-refractivity contribution < 1.29 is 9.53 Å². The van der Waals surface area contributed by atoms with Crippen LogP contribution in [-0.4, -0.2) is 46.7 Å². The molecule has 0 aliphatic carbocycles. The minimum Gasteiger partial charge on any atom is -0.468 e. The summed E-state index contributed by atoms with van der Waals surface area (Å²) in [6.45, 7) is 3.02. The van der Waals surface area contributed by atoms with E-state index in [1.165, 1.54) is 7.11 Å². The van der Waals surface area contributed by atoms with Gasteiger partial charge in [0.25, 0.3) is 0 Å². The number of fused-ring (bicyclic) bond motifs is 1. The average Bonchev–Trinajstić information content (AvgIpc) is 2.75. The Morgan fingerprint density at radius 1 is 1.69 bits per heavy atom. The van der Waals surface area contributed by atoms with Gasteiger partial charge in [-0.2, -0.15) is 0 Å². The molecule has 0 saturated heterocycles. The minimum atomic E-state index is -0.577. The first kappa shape index (κ1) is 11.1. The monoisotopic (exact) mass is 224 g/mol. The molecular formula is C10H16N4O2. The SMILES string of the molecule is COC(=O)C(N)CN1CCn2ccnc2C1. The molecule has 0 radical (unpaired) electrons. The largest absolute Gasteiger partial charge is 0.468 e. The number of imidazole rings is 1. The molecule has 1 aromatic rings. The van der Waals surface area contributed by atoms with Crippen LogP contribution in [-0.2, 0) is 22.6 Å². The van der Waals surface area contributed by atoms with E-state index in [2.05, 4.69) is 19.2 Å². The standard InChI is InChI=1S/C10H16N4O2/c1-16-10(15)8(11)6-13-4-5-14-3-2-12-9(14)7-13/h2-3,8H,4-7,11H2,1H3. The number of esters is 1. The maximum Gasteiger partial charge on any atom is 0.323 e. The fraction of sp³-hybridized carbons (Fsp3) is 0.600. The van der Waals surface area contributed by atoms with Gasteiger partial charge in [0, 0.05) is 32.0 Å². The Morgan fingerprint density at radius 3 is 3.25 bits per heavy atom. The highest BCUT2D eigenvalue weighted by molar-refractivity contribution is 5.75. The molecule has 6 nitrogen and oxygen atoms in total. The molecule has 6 heteroatoms. The number of nitrogens with zero attached hydrogens (tertiary/aromatic N) is 3. The van der Waals surface area contributed by atoms with Crippen molar-refractivity contribution in [2.24, 2.45) is 5.73 Å². The molecule has 2 heterocycles. The highest BCUT2D eigenvalue weighted by Crippen LogP contribution is 2.10. The van der Waals surface area contributed by atoms with E-state index in [4.69, 9.17) is 5.73 Å².